The Labute approximate surface area is 80.8 Å². The van der Waals surface area contributed by atoms with Gasteiger partial charge in [0.1, 0.15) is 0 Å². The van der Waals surface area contributed by atoms with Crippen molar-refractivity contribution < 1.29 is 9.53 Å². The van der Waals surface area contributed by atoms with E-state index in [0.717, 1.165) is 12.8 Å². The molecule has 0 radical (unpaired) electrons. The number of hydrogen-bond acceptors (Lipinski definition) is 2. The number of methoxy groups -OCH3 is 1. The van der Waals surface area contributed by atoms with Crippen molar-refractivity contribution in [2.45, 2.75) is 45.6 Å². The van der Waals surface area contributed by atoms with Gasteiger partial charge < -0.3 is 10.1 Å². The molecule has 0 aromatic carbocycles. The van der Waals surface area contributed by atoms with Crippen LogP contribution in [0.5, 0.6) is 0 Å². The molecule has 0 aromatic rings. The SMILES string of the molecule is CC.CCC(=O)NC1(COC)CC1. The maximum Gasteiger partial charge on any atom is 0.220 e. The molecule has 1 N–H and O–H groups in total. The van der Waals surface area contributed by atoms with Crippen LogP contribution in [0, 0.1) is 0 Å². The Hall–Kier alpha value is -0.570. The Morgan fingerprint density at radius 2 is 2.00 bits per heavy atom. The fourth-order valence-corrected chi connectivity index (χ4v) is 1.12. The van der Waals surface area contributed by atoms with Gasteiger partial charge >= 0.3 is 0 Å². The first kappa shape index (κ1) is 12.4. The van der Waals surface area contributed by atoms with Gasteiger partial charge in [0.05, 0.1) is 12.1 Å². The number of carbonyl (C=O) groups excluding carboxylic acids is 1. The summed E-state index contributed by atoms with van der Waals surface area (Å²) in [6.07, 6.45) is 2.69. The van der Waals surface area contributed by atoms with Crippen molar-refractivity contribution in [3.63, 3.8) is 0 Å². The predicted octanol–water partition coefficient (Wildman–Crippen LogP) is 1.72. The third-order valence-corrected chi connectivity index (χ3v) is 2.00. The van der Waals surface area contributed by atoms with E-state index < -0.39 is 0 Å². The van der Waals surface area contributed by atoms with Crippen molar-refractivity contribution in [3.8, 4) is 0 Å². The standard InChI is InChI=1S/C8H15NO2.C2H6/c1-3-7(10)9-8(4-5-8)6-11-2;1-2/h3-6H2,1-2H3,(H,9,10);1-2H3. The molecule has 3 nitrogen and oxygen atoms in total. The molecule has 0 atom stereocenters. The lowest BCUT2D eigenvalue weighted by Gasteiger charge is -2.15. The lowest BCUT2D eigenvalue weighted by Crippen LogP contribution is -2.39. The van der Waals surface area contributed by atoms with Gasteiger partial charge in [0.2, 0.25) is 5.91 Å². The summed E-state index contributed by atoms with van der Waals surface area (Å²) < 4.78 is 5.00. The van der Waals surface area contributed by atoms with E-state index in [-0.39, 0.29) is 11.4 Å². The number of carbonyl (C=O) groups is 1. The molecule has 1 aliphatic carbocycles. The highest BCUT2D eigenvalue weighted by atomic mass is 16.5. The molecule has 1 amide bonds. The highest BCUT2D eigenvalue weighted by Gasteiger charge is 2.43. The number of ether oxygens (including phenoxy) is 1. The van der Waals surface area contributed by atoms with Crippen LogP contribution in [0.4, 0.5) is 0 Å². The van der Waals surface area contributed by atoms with Crippen LogP contribution in [0.15, 0.2) is 0 Å². The van der Waals surface area contributed by atoms with E-state index >= 15 is 0 Å². The van der Waals surface area contributed by atoms with E-state index in [1.165, 1.54) is 0 Å². The van der Waals surface area contributed by atoms with Gasteiger partial charge in [-0.1, -0.05) is 20.8 Å². The highest BCUT2D eigenvalue weighted by molar-refractivity contribution is 5.76. The van der Waals surface area contributed by atoms with E-state index in [4.69, 9.17) is 4.74 Å². The molecule has 1 saturated carbocycles. The van der Waals surface area contributed by atoms with Crippen LogP contribution >= 0.6 is 0 Å². The average molecular weight is 187 g/mol. The van der Waals surface area contributed by atoms with E-state index in [1.807, 2.05) is 20.8 Å². The van der Waals surface area contributed by atoms with Crippen molar-refractivity contribution in [1.82, 2.24) is 5.32 Å². The normalized spacial score (nSPS) is 16.9. The van der Waals surface area contributed by atoms with Gasteiger partial charge in [0.25, 0.3) is 0 Å². The summed E-state index contributed by atoms with van der Waals surface area (Å²) in [5.41, 5.74) is 0.00183. The first-order valence-corrected chi connectivity index (χ1v) is 5.02. The minimum atomic E-state index is 0.00183. The Bertz CT molecular complexity index is 153. The molecule has 0 unspecified atom stereocenters. The van der Waals surface area contributed by atoms with E-state index in [2.05, 4.69) is 5.32 Å². The molecule has 3 heteroatoms. The molecule has 0 aromatic heterocycles. The lowest BCUT2D eigenvalue weighted by atomic mass is 10.3. The van der Waals surface area contributed by atoms with Crippen molar-refractivity contribution in [1.29, 1.82) is 0 Å². The van der Waals surface area contributed by atoms with Crippen LogP contribution in [-0.2, 0) is 9.53 Å². The first-order chi connectivity index (χ1) is 6.22. The molecule has 0 heterocycles. The number of hydrogen-bond donors (Lipinski definition) is 1. The topological polar surface area (TPSA) is 38.3 Å². The van der Waals surface area contributed by atoms with Gasteiger partial charge in [-0.15, -0.1) is 0 Å². The molecule has 0 bridgehead atoms. The van der Waals surface area contributed by atoms with Crippen LogP contribution in [0.3, 0.4) is 0 Å². The molecule has 1 fully saturated rings. The summed E-state index contributed by atoms with van der Waals surface area (Å²) >= 11 is 0. The fourth-order valence-electron chi connectivity index (χ4n) is 1.12. The lowest BCUT2D eigenvalue weighted by molar-refractivity contribution is -0.122. The second-order valence-electron chi connectivity index (χ2n) is 3.12. The fraction of sp³-hybridized carbons (Fsp3) is 0.900. The first-order valence-electron chi connectivity index (χ1n) is 5.02. The second-order valence-corrected chi connectivity index (χ2v) is 3.12. The second kappa shape index (κ2) is 5.97. The van der Waals surface area contributed by atoms with E-state index in [1.54, 1.807) is 7.11 Å². The van der Waals surface area contributed by atoms with Gasteiger partial charge in [0.15, 0.2) is 0 Å². The summed E-state index contributed by atoms with van der Waals surface area (Å²) in [4.78, 5) is 11.0. The van der Waals surface area contributed by atoms with Crippen LogP contribution < -0.4 is 5.32 Å². The molecule has 0 saturated heterocycles. The zero-order valence-corrected chi connectivity index (χ0v) is 9.14. The minimum Gasteiger partial charge on any atom is -0.382 e. The molecule has 0 aliphatic heterocycles. The van der Waals surface area contributed by atoms with Gasteiger partial charge in [0, 0.05) is 13.5 Å². The van der Waals surface area contributed by atoms with Crippen molar-refractivity contribution in [3.05, 3.63) is 0 Å². The maximum atomic E-state index is 11.0. The summed E-state index contributed by atoms with van der Waals surface area (Å²) in [5.74, 6) is 0.125. The van der Waals surface area contributed by atoms with Gasteiger partial charge in [-0.25, -0.2) is 0 Å². The summed E-state index contributed by atoms with van der Waals surface area (Å²) in [6, 6.07) is 0. The molecular formula is C10H21NO2. The minimum absolute atomic E-state index is 0.00183. The van der Waals surface area contributed by atoms with E-state index in [0.29, 0.717) is 13.0 Å². The smallest absolute Gasteiger partial charge is 0.220 e. The molecule has 1 aliphatic rings. The van der Waals surface area contributed by atoms with Gasteiger partial charge in [-0.2, -0.15) is 0 Å². The van der Waals surface area contributed by atoms with Gasteiger partial charge in [-0.05, 0) is 12.8 Å². The van der Waals surface area contributed by atoms with Crippen LogP contribution in [-0.4, -0.2) is 25.2 Å². The van der Waals surface area contributed by atoms with Crippen molar-refractivity contribution in [2.75, 3.05) is 13.7 Å². The number of rotatable bonds is 4. The highest BCUT2D eigenvalue weighted by Crippen LogP contribution is 2.35. The maximum absolute atomic E-state index is 11.0. The predicted molar refractivity (Wildman–Crippen MR) is 53.6 cm³/mol. The van der Waals surface area contributed by atoms with Crippen molar-refractivity contribution in [2.24, 2.45) is 0 Å². The van der Waals surface area contributed by atoms with E-state index in [9.17, 15) is 4.79 Å². The average Bonchev–Trinajstić information content (AvgIpc) is 2.89. The molecular weight excluding hydrogens is 166 g/mol. The summed E-state index contributed by atoms with van der Waals surface area (Å²) in [6.45, 7) is 6.51. The van der Waals surface area contributed by atoms with Crippen LogP contribution in [0.25, 0.3) is 0 Å². The third-order valence-electron chi connectivity index (χ3n) is 2.00. The molecule has 78 valence electrons. The Morgan fingerprint density at radius 1 is 1.46 bits per heavy atom. The van der Waals surface area contributed by atoms with Crippen LogP contribution in [0.1, 0.15) is 40.0 Å². The number of nitrogens with one attached hydrogen (secondary N) is 1. The summed E-state index contributed by atoms with van der Waals surface area (Å²) in [7, 11) is 1.66. The van der Waals surface area contributed by atoms with Crippen molar-refractivity contribution >= 4 is 5.91 Å². The Morgan fingerprint density at radius 3 is 2.31 bits per heavy atom. The third kappa shape index (κ3) is 4.27. The quantitative estimate of drug-likeness (QED) is 0.727. The largest absolute Gasteiger partial charge is 0.382 e. The molecule has 13 heavy (non-hydrogen) atoms. The Kier molecular flexibility index (Phi) is 5.71. The summed E-state index contributed by atoms with van der Waals surface area (Å²) in [5, 5.41) is 2.95. The molecule has 0 spiro atoms. The number of amides is 1. The molecule has 1 rings (SSSR count). The Balaban J connectivity index is 0.000000671. The van der Waals surface area contributed by atoms with Gasteiger partial charge in [-0.3, -0.25) is 4.79 Å². The monoisotopic (exact) mass is 187 g/mol. The van der Waals surface area contributed by atoms with Crippen LogP contribution in [0.2, 0.25) is 0 Å². The zero-order chi connectivity index (χ0) is 10.3. The zero-order valence-electron chi connectivity index (χ0n) is 9.14.